The second-order valence-electron chi connectivity index (χ2n) is 7.64. The van der Waals surface area contributed by atoms with Crippen LogP contribution in [0.3, 0.4) is 0 Å². The van der Waals surface area contributed by atoms with Crippen molar-refractivity contribution in [1.82, 2.24) is 9.80 Å². The lowest BCUT2D eigenvalue weighted by Crippen LogP contribution is -2.37. The van der Waals surface area contributed by atoms with Gasteiger partial charge in [-0.15, -0.1) is 11.3 Å². The molecule has 29 heavy (non-hydrogen) atoms. The number of hydrogen-bond donors (Lipinski definition) is 1. The summed E-state index contributed by atoms with van der Waals surface area (Å²) >= 11 is 7.23. The minimum absolute atomic E-state index is 0.0227. The van der Waals surface area contributed by atoms with Crippen LogP contribution in [0.4, 0.5) is 9.39 Å². The van der Waals surface area contributed by atoms with Gasteiger partial charge in [-0.2, -0.15) is 0 Å². The number of carbonyl (C=O) groups is 2. The molecule has 2 aliphatic heterocycles. The Morgan fingerprint density at radius 3 is 2.69 bits per heavy atom. The number of carbonyl (C=O) groups excluding carboxylic acids is 2. The van der Waals surface area contributed by atoms with Gasteiger partial charge in [0.25, 0.3) is 11.8 Å². The molecule has 0 radical (unpaired) electrons. The van der Waals surface area contributed by atoms with Gasteiger partial charge in [0, 0.05) is 19.1 Å². The summed E-state index contributed by atoms with van der Waals surface area (Å²) in [7, 11) is 0. The number of aryl methyl sites for hydroxylation is 1. The minimum atomic E-state index is -0.496. The summed E-state index contributed by atoms with van der Waals surface area (Å²) in [5.74, 6) is -0.899. The Bertz CT molecular complexity index is 942. The first-order valence-corrected chi connectivity index (χ1v) is 11.0. The zero-order valence-electron chi connectivity index (χ0n) is 16.2. The summed E-state index contributed by atoms with van der Waals surface area (Å²) in [6.45, 7) is 5.67. The molecule has 5 nitrogen and oxygen atoms in total. The molecule has 1 N–H and O–H groups in total. The maximum atomic E-state index is 13.2. The number of rotatable bonds is 4. The van der Waals surface area contributed by atoms with Gasteiger partial charge in [-0.3, -0.25) is 14.5 Å². The second-order valence-corrected chi connectivity index (χ2v) is 9.10. The molecule has 0 aliphatic carbocycles. The SMILES string of the molecule is Cc1cc(NC(=O)c2ccc(F)cc2Cl)sc1C(=O)N1CCC(N2CCCC2)C1. The van der Waals surface area contributed by atoms with E-state index in [0.29, 0.717) is 15.9 Å². The van der Waals surface area contributed by atoms with Crippen LogP contribution in [0.25, 0.3) is 0 Å². The number of halogens is 2. The maximum Gasteiger partial charge on any atom is 0.264 e. The summed E-state index contributed by atoms with van der Waals surface area (Å²) in [5, 5.41) is 3.40. The van der Waals surface area contributed by atoms with Gasteiger partial charge in [0.1, 0.15) is 5.82 Å². The highest BCUT2D eigenvalue weighted by Gasteiger charge is 2.33. The fourth-order valence-corrected chi connectivity index (χ4v) is 5.37. The topological polar surface area (TPSA) is 52.7 Å². The monoisotopic (exact) mass is 435 g/mol. The molecule has 2 fully saturated rings. The van der Waals surface area contributed by atoms with Crippen molar-refractivity contribution >= 4 is 39.8 Å². The first kappa shape index (κ1) is 20.3. The van der Waals surface area contributed by atoms with Crippen molar-refractivity contribution in [2.24, 2.45) is 0 Å². The van der Waals surface area contributed by atoms with Crippen molar-refractivity contribution in [3.8, 4) is 0 Å². The molecule has 0 bridgehead atoms. The van der Waals surface area contributed by atoms with E-state index >= 15 is 0 Å². The van der Waals surface area contributed by atoms with E-state index in [2.05, 4.69) is 10.2 Å². The molecule has 2 amide bonds. The van der Waals surface area contributed by atoms with Crippen LogP contribution in [0.2, 0.25) is 5.02 Å². The highest BCUT2D eigenvalue weighted by Crippen LogP contribution is 2.31. The van der Waals surface area contributed by atoms with Crippen LogP contribution in [-0.4, -0.2) is 53.8 Å². The normalized spacial score (nSPS) is 19.7. The van der Waals surface area contributed by atoms with Crippen molar-refractivity contribution in [3.63, 3.8) is 0 Å². The second kappa shape index (κ2) is 8.42. The highest BCUT2D eigenvalue weighted by atomic mass is 35.5. The summed E-state index contributed by atoms with van der Waals surface area (Å²) in [6, 6.07) is 5.90. The lowest BCUT2D eigenvalue weighted by Gasteiger charge is -2.23. The molecule has 0 spiro atoms. The number of hydrogen-bond acceptors (Lipinski definition) is 4. The molecule has 3 heterocycles. The lowest BCUT2D eigenvalue weighted by atomic mass is 10.2. The van der Waals surface area contributed by atoms with Gasteiger partial charge in [-0.25, -0.2) is 4.39 Å². The van der Waals surface area contributed by atoms with E-state index in [1.807, 2.05) is 11.8 Å². The van der Waals surface area contributed by atoms with Gasteiger partial charge < -0.3 is 10.2 Å². The van der Waals surface area contributed by atoms with E-state index < -0.39 is 11.7 Å². The Hall–Kier alpha value is -1.96. The Morgan fingerprint density at radius 1 is 1.21 bits per heavy atom. The number of nitrogens with one attached hydrogen (secondary N) is 1. The number of anilines is 1. The van der Waals surface area contributed by atoms with E-state index in [4.69, 9.17) is 11.6 Å². The smallest absolute Gasteiger partial charge is 0.264 e. The van der Waals surface area contributed by atoms with Crippen LogP contribution in [0.5, 0.6) is 0 Å². The molecule has 1 atom stereocenters. The van der Waals surface area contributed by atoms with Gasteiger partial charge in [0.15, 0.2) is 0 Å². The molecule has 1 unspecified atom stereocenters. The van der Waals surface area contributed by atoms with E-state index in [1.54, 1.807) is 6.07 Å². The summed E-state index contributed by atoms with van der Waals surface area (Å²) in [4.78, 5) is 30.6. The third kappa shape index (κ3) is 4.32. The van der Waals surface area contributed by atoms with E-state index in [0.717, 1.165) is 44.2 Å². The molecule has 1 aromatic heterocycles. The van der Waals surface area contributed by atoms with E-state index in [1.165, 1.54) is 36.3 Å². The van der Waals surface area contributed by atoms with Crippen LogP contribution in [-0.2, 0) is 0 Å². The van der Waals surface area contributed by atoms with Crippen LogP contribution < -0.4 is 5.32 Å². The van der Waals surface area contributed by atoms with Crippen molar-refractivity contribution < 1.29 is 14.0 Å². The first-order valence-electron chi connectivity index (χ1n) is 9.82. The van der Waals surface area contributed by atoms with E-state index in [9.17, 15) is 14.0 Å². The van der Waals surface area contributed by atoms with Gasteiger partial charge in [0.2, 0.25) is 0 Å². The molecule has 2 aromatic rings. The minimum Gasteiger partial charge on any atom is -0.336 e. The summed E-state index contributed by atoms with van der Waals surface area (Å²) in [5.41, 5.74) is 1.03. The average molecular weight is 436 g/mol. The van der Waals surface area contributed by atoms with Crippen LogP contribution in [0.1, 0.15) is 44.9 Å². The Labute approximate surface area is 178 Å². The Morgan fingerprint density at radius 2 is 1.97 bits per heavy atom. The lowest BCUT2D eigenvalue weighted by molar-refractivity contribution is 0.0784. The predicted molar refractivity (Wildman–Crippen MR) is 114 cm³/mol. The zero-order valence-corrected chi connectivity index (χ0v) is 17.8. The molecule has 1 aromatic carbocycles. The van der Waals surface area contributed by atoms with Crippen LogP contribution in [0.15, 0.2) is 24.3 Å². The van der Waals surface area contributed by atoms with E-state index in [-0.39, 0.29) is 16.5 Å². The number of likely N-dealkylation sites (tertiary alicyclic amines) is 2. The fraction of sp³-hybridized carbons (Fsp3) is 0.429. The van der Waals surface area contributed by atoms with Gasteiger partial charge in [-0.05, 0) is 69.1 Å². The van der Waals surface area contributed by atoms with Gasteiger partial charge in [-0.1, -0.05) is 11.6 Å². The number of thiophene rings is 1. The predicted octanol–water partition coefficient (Wildman–Crippen LogP) is 4.41. The standard InChI is InChI=1S/C21H23ClFN3O2S/c1-13-10-18(24-20(27)16-5-4-14(23)11-17(16)22)29-19(13)21(28)26-9-6-15(12-26)25-7-2-3-8-25/h4-5,10-11,15H,2-3,6-9,12H2,1H3,(H,24,27). The third-order valence-electron chi connectivity index (χ3n) is 5.63. The largest absolute Gasteiger partial charge is 0.336 e. The third-order valence-corrected chi connectivity index (χ3v) is 7.09. The van der Waals surface area contributed by atoms with Crippen molar-refractivity contribution in [2.75, 3.05) is 31.5 Å². The first-order chi connectivity index (χ1) is 13.9. The molecular formula is C21H23ClFN3O2S. The molecule has 0 saturated carbocycles. The van der Waals surface area contributed by atoms with Gasteiger partial charge in [0.05, 0.1) is 20.5 Å². The summed E-state index contributed by atoms with van der Waals surface area (Å²) in [6.07, 6.45) is 3.51. The number of nitrogens with zero attached hydrogens (tertiary/aromatic N) is 2. The molecule has 2 saturated heterocycles. The average Bonchev–Trinajstić information content (AvgIpc) is 3.41. The molecule has 154 valence electrons. The highest BCUT2D eigenvalue weighted by molar-refractivity contribution is 7.18. The van der Waals surface area contributed by atoms with Crippen LogP contribution in [0, 0.1) is 12.7 Å². The zero-order chi connectivity index (χ0) is 20.5. The Kier molecular flexibility index (Phi) is 5.90. The van der Waals surface area contributed by atoms with Gasteiger partial charge >= 0.3 is 0 Å². The summed E-state index contributed by atoms with van der Waals surface area (Å²) < 4.78 is 13.2. The molecular weight excluding hydrogens is 413 g/mol. The molecule has 8 heteroatoms. The fourth-order valence-electron chi connectivity index (χ4n) is 4.08. The molecule has 4 rings (SSSR count). The van der Waals surface area contributed by atoms with Crippen molar-refractivity contribution in [3.05, 3.63) is 51.1 Å². The van der Waals surface area contributed by atoms with Crippen LogP contribution >= 0.6 is 22.9 Å². The van der Waals surface area contributed by atoms with Crippen molar-refractivity contribution in [1.29, 1.82) is 0 Å². The quantitative estimate of drug-likeness (QED) is 0.773. The number of benzene rings is 1. The maximum absolute atomic E-state index is 13.2. The molecule has 2 aliphatic rings. The number of amides is 2. The van der Waals surface area contributed by atoms with Crippen molar-refractivity contribution in [2.45, 2.75) is 32.2 Å². The Balaban J connectivity index is 1.43.